The molecule has 8 nitrogen and oxygen atoms in total. The first-order valence-electron chi connectivity index (χ1n) is 10.6. The van der Waals surface area contributed by atoms with Crippen molar-refractivity contribution in [3.05, 3.63) is 29.3 Å². The summed E-state index contributed by atoms with van der Waals surface area (Å²) in [5.41, 5.74) is 2.23. The SMILES string of the molecule is Cc1cccc(OCCC(=O)N2CCN(S(=O)(=O)N3CC(C)OC(C)C3)CC2)c1C. The molecule has 1 aromatic rings. The smallest absolute Gasteiger partial charge is 0.282 e. The van der Waals surface area contributed by atoms with E-state index in [0.29, 0.717) is 45.9 Å². The maximum Gasteiger partial charge on any atom is 0.282 e. The Morgan fingerprint density at radius 1 is 1.07 bits per heavy atom. The predicted molar refractivity (Wildman–Crippen MR) is 115 cm³/mol. The van der Waals surface area contributed by atoms with Crippen molar-refractivity contribution in [2.75, 3.05) is 45.9 Å². The molecule has 2 atom stereocenters. The molecule has 0 spiro atoms. The van der Waals surface area contributed by atoms with Gasteiger partial charge in [0.05, 0.1) is 25.2 Å². The van der Waals surface area contributed by atoms with Gasteiger partial charge in [-0.25, -0.2) is 0 Å². The minimum atomic E-state index is -3.54. The zero-order valence-corrected chi connectivity index (χ0v) is 19.2. The van der Waals surface area contributed by atoms with Crippen LogP contribution in [0.15, 0.2) is 18.2 Å². The van der Waals surface area contributed by atoms with Crippen LogP contribution < -0.4 is 4.74 Å². The van der Waals surface area contributed by atoms with Crippen molar-refractivity contribution in [3.8, 4) is 5.75 Å². The van der Waals surface area contributed by atoms with Crippen LogP contribution in [-0.4, -0.2) is 85.9 Å². The normalized spacial score (nSPS) is 24.1. The van der Waals surface area contributed by atoms with Crippen LogP contribution in [0.5, 0.6) is 5.75 Å². The molecule has 2 unspecified atom stereocenters. The monoisotopic (exact) mass is 439 g/mol. The summed E-state index contributed by atoms with van der Waals surface area (Å²) in [4.78, 5) is 14.3. The van der Waals surface area contributed by atoms with Crippen molar-refractivity contribution >= 4 is 16.1 Å². The van der Waals surface area contributed by atoms with Gasteiger partial charge in [-0.15, -0.1) is 0 Å². The Bertz CT molecular complexity index is 842. The fourth-order valence-electron chi connectivity index (χ4n) is 3.94. The van der Waals surface area contributed by atoms with E-state index in [-0.39, 0.29) is 24.5 Å². The lowest BCUT2D eigenvalue weighted by atomic mass is 10.1. The number of morpholine rings is 1. The molecule has 0 saturated carbocycles. The minimum Gasteiger partial charge on any atom is -0.493 e. The van der Waals surface area contributed by atoms with E-state index in [1.165, 1.54) is 8.61 Å². The number of hydrogen-bond donors (Lipinski definition) is 0. The van der Waals surface area contributed by atoms with Gasteiger partial charge >= 0.3 is 0 Å². The van der Waals surface area contributed by atoms with E-state index in [0.717, 1.165) is 16.9 Å². The van der Waals surface area contributed by atoms with Crippen LogP contribution >= 0.6 is 0 Å². The van der Waals surface area contributed by atoms with E-state index in [1.807, 2.05) is 45.9 Å². The Hall–Kier alpha value is -1.68. The third kappa shape index (κ3) is 5.32. The molecule has 0 aromatic heterocycles. The molecule has 0 bridgehead atoms. The van der Waals surface area contributed by atoms with Gasteiger partial charge in [-0.05, 0) is 44.9 Å². The molecule has 0 N–H and O–H groups in total. The fourth-order valence-corrected chi connectivity index (χ4v) is 5.69. The van der Waals surface area contributed by atoms with E-state index in [1.54, 1.807) is 4.90 Å². The van der Waals surface area contributed by atoms with E-state index in [9.17, 15) is 13.2 Å². The maximum atomic E-state index is 13.0. The largest absolute Gasteiger partial charge is 0.493 e. The highest BCUT2D eigenvalue weighted by Crippen LogP contribution is 2.21. The van der Waals surface area contributed by atoms with Crippen LogP contribution in [0.2, 0.25) is 0 Å². The summed E-state index contributed by atoms with van der Waals surface area (Å²) in [5.74, 6) is 0.790. The summed E-state index contributed by atoms with van der Waals surface area (Å²) < 4.78 is 40.3. The molecule has 168 valence electrons. The molecule has 30 heavy (non-hydrogen) atoms. The van der Waals surface area contributed by atoms with Gasteiger partial charge in [0, 0.05) is 39.3 Å². The summed E-state index contributed by atoms with van der Waals surface area (Å²) in [7, 11) is -3.54. The Morgan fingerprint density at radius 2 is 1.70 bits per heavy atom. The number of nitrogens with zero attached hydrogens (tertiary/aromatic N) is 3. The number of aryl methyl sites for hydroxylation is 1. The molecule has 9 heteroatoms. The van der Waals surface area contributed by atoms with Crippen LogP contribution in [-0.2, 0) is 19.7 Å². The summed E-state index contributed by atoms with van der Waals surface area (Å²) in [6, 6.07) is 5.87. The third-order valence-electron chi connectivity index (χ3n) is 5.76. The van der Waals surface area contributed by atoms with Gasteiger partial charge in [-0.3, -0.25) is 4.79 Å². The Kier molecular flexibility index (Phi) is 7.38. The average Bonchev–Trinajstić information content (AvgIpc) is 2.70. The van der Waals surface area contributed by atoms with E-state index < -0.39 is 10.2 Å². The van der Waals surface area contributed by atoms with Gasteiger partial charge in [0.25, 0.3) is 10.2 Å². The Labute approximate surface area is 179 Å². The van der Waals surface area contributed by atoms with Gasteiger partial charge in [-0.1, -0.05) is 12.1 Å². The highest BCUT2D eigenvalue weighted by Gasteiger charge is 2.37. The molecule has 2 fully saturated rings. The number of ether oxygens (including phenoxy) is 2. The van der Waals surface area contributed by atoms with E-state index >= 15 is 0 Å². The van der Waals surface area contributed by atoms with Crippen LogP contribution in [0.1, 0.15) is 31.4 Å². The molecule has 1 aromatic carbocycles. The number of amides is 1. The zero-order chi connectivity index (χ0) is 21.9. The Balaban J connectivity index is 1.47. The van der Waals surface area contributed by atoms with Crippen molar-refractivity contribution < 1.29 is 22.7 Å². The highest BCUT2D eigenvalue weighted by atomic mass is 32.2. The van der Waals surface area contributed by atoms with Crippen molar-refractivity contribution in [1.29, 1.82) is 0 Å². The lowest BCUT2D eigenvalue weighted by molar-refractivity contribution is -0.132. The van der Waals surface area contributed by atoms with Gasteiger partial charge in [0.2, 0.25) is 5.91 Å². The minimum absolute atomic E-state index is 0.00836. The van der Waals surface area contributed by atoms with Crippen LogP contribution in [0, 0.1) is 13.8 Å². The lowest BCUT2D eigenvalue weighted by Crippen LogP contribution is -2.57. The van der Waals surface area contributed by atoms with Crippen LogP contribution in [0.4, 0.5) is 0 Å². The first-order chi connectivity index (χ1) is 14.2. The summed E-state index contributed by atoms with van der Waals surface area (Å²) in [6.45, 7) is 10.3. The van der Waals surface area contributed by atoms with Gasteiger partial charge in [0.1, 0.15) is 5.75 Å². The summed E-state index contributed by atoms with van der Waals surface area (Å²) >= 11 is 0. The van der Waals surface area contributed by atoms with E-state index in [2.05, 4.69) is 0 Å². The maximum absolute atomic E-state index is 13.0. The van der Waals surface area contributed by atoms with Crippen molar-refractivity contribution in [2.24, 2.45) is 0 Å². The molecule has 1 amide bonds. The number of hydrogen-bond acceptors (Lipinski definition) is 5. The number of piperazine rings is 1. The van der Waals surface area contributed by atoms with Crippen LogP contribution in [0.25, 0.3) is 0 Å². The molecule has 0 radical (unpaired) electrons. The average molecular weight is 440 g/mol. The van der Waals surface area contributed by atoms with Crippen molar-refractivity contribution in [2.45, 2.75) is 46.3 Å². The quantitative estimate of drug-likeness (QED) is 0.672. The summed E-state index contributed by atoms with van der Waals surface area (Å²) in [5, 5.41) is 0. The second-order valence-corrected chi connectivity index (χ2v) is 10.1. The zero-order valence-electron chi connectivity index (χ0n) is 18.3. The number of carbonyl (C=O) groups is 1. The predicted octanol–water partition coefficient (Wildman–Crippen LogP) is 1.57. The molecule has 3 rings (SSSR count). The van der Waals surface area contributed by atoms with Gasteiger partial charge in [-0.2, -0.15) is 17.0 Å². The van der Waals surface area contributed by atoms with Crippen molar-refractivity contribution in [3.63, 3.8) is 0 Å². The van der Waals surface area contributed by atoms with Crippen molar-refractivity contribution in [1.82, 2.24) is 13.5 Å². The third-order valence-corrected chi connectivity index (χ3v) is 7.73. The standard InChI is InChI=1S/C21H33N3O5S/c1-16-6-5-7-20(19(16)4)28-13-8-21(25)22-9-11-23(12-10-22)30(26,27)24-14-17(2)29-18(3)15-24/h5-7,17-18H,8-15H2,1-4H3. The second-order valence-electron chi connectivity index (χ2n) is 8.16. The fraction of sp³-hybridized carbons (Fsp3) is 0.667. The topological polar surface area (TPSA) is 79.4 Å². The first-order valence-corrected chi connectivity index (χ1v) is 12.0. The molecule has 2 aliphatic rings. The van der Waals surface area contributed by atoms with Gasteiger partial charge < -0.3 is 14.4 Å². The number of rotatable bonds is 6. The molecular weight excluding hydrogens is 406 g/mol. The molecule has 2 heterocycles. The van der Waals surface area contributed by atoms with E-state index in [4.69, 9.17) is 9.47 Å². The Morgan fingerprint density at radius 3 is 2.33 bits per heavy atom. The molecular formula is C21H33N3O5S. The molecule has 2 saturated heterocycles. The van der Waals surface area contributed by atoms with Crippen LogP contribution in [0.3, 0.4) is 0 Å². The first kappa shape index (κ1) is 23.0. The highest BCUT2D eigenvalue weighted by molar-refractivity contribution is 7.86. The molecule has 0 aliphatic carbocycles. The number of benzene rings is 1. The van der Waals surface area contributed by atoms with Gasteiger partial charge in [0.15, 0.2) is 0 Å². The molecule has 2 aliphatic heterocycles. The number of carbonyl (C=O) groups excluding carboxylic acids is 1. The second kappa shape index (κ2) is 9.64. The lowest BCUT2D eigenvalue weighted by Gasteiger charge is -2.40. The summed E-state index contributed by atoms with van der Waals surface area (Å²) in [6.07, 6.45) is 0.0328.